The van der Waals surface area contributed by atoms with E-state index in [4.69, 9.17) is 16.3 Å². The molecule has 2 aromatic carbocycles. The second-order valence-electron chi connectivity index (χ2n) is 8.94. The number of benzene rings is 2. The van der Waals surface area contributed by atoms with Crippen molar-refractivity contribution in [3.05, 3.63) is 96.1 Å². The highest BCUT2D eigenvalue weighted by molar-refractivity contribution is 6.28. The topological polar surface area (TPSA) is 32.8 Å². The summed E-state index contributed by atoms with van der Waals surface area (Å²) >= 11 is 5.08. The first-order valence-corrected chi connectivity index (χ1v) is 12.2. The predicted molar refractivity (Wildman–Crippen MR) is 142 cm³/mol. The second kappa shape index (κ2) is 12.6. The molecule has 1 atom stereocenters. The first-order chi connectivity index (χ1) is 16.4. The van der Waals surface area contributed by atoms with Gasteiger partial charge in [-0.1, -0.05) is 92.4 Å². The quantitative estimate of drug-likeness (QED) is 0.396. The molecule has 34 heavy (non-hydrogen) atoms. The third kappa shape index (κ3) is 7.61. The molecule has 0 aliphatic carbocycles. The Hall–Kier alpha value is -2.82. The van der Waals surface area contributed by atoms with Gasteiger partial charge in [-0.2, -0.15) is 0 Å². The van der Waals surface area contributed by atoms with Crippen molar-refractivity contribution in [1.29, 1.82) is 0 Å². The van der Waals surface area contributed by atoms with Gasteiger partial charge in [-0.3, -0.25) is 9.80 Å². The lowest BCUT2D eigenvalue weighted by atomic mass is 10.0. The van der Waals surface area contributed by atoms with E-state index in [-0.39, 0.29) is 12.2 Å². The number of likely N-dealkylation sites (tertiary alicyclic amines) is 1. The van der Waals surface area contributed by atoms with Crippen LogP contribution in [0, 0.1) is 0 Å². The van der Waals surface area contributed by atoms with Gasteiger partial charge < -0.3 is 4.74 Å². The third-order valence-electron chi connectivity index (χ3n) is 6.03. The second-order valence-corrected chi connectivity index (χ2v) is 9.58. The number of ether oxygens (including phenoxy) is 1. The van der Waals surface area contributed by atoms with E-state index in [0.717, 1.165) is 17.7 Å². The van der Waals surface area contributed by atoms with Gasteiger partial charge in [0.2, 0.25) is 0 Å². The summed E-state index contributed by atoms with van der Waals surface area (Å²) in [5.41, 5.74) is 5.60. The number of amides is 1. The summed E-state index contributed by atoms with van der Waals surface area (Å²) in [5.74, 6) is 0. The Bertz CT molecular complexity index is 988. The zero-order valence-corrected chi connectivity index (χ0v) is 20.9. The summed E-state index contributed by atoms with van der Waals surface area (Å²) in [6.07, 6.45) is 5.07. The monoisotopic (exact) mass is 478 g/mol. The van der Waals surface area contributed by atoms with Crippen LogP contribution in [-0.4, -0.2) is 41.6 Å². The summed E-state index contributed by atoms with van der Waals surface area (Å²) in [5, 5.41) is 0.639. The largest absolute Gasteiger partial charge is 0.439 e. The molecule has 0 spiro atoms. The summed E-state index contributed by atoms with van der Waals surface area (Å²) < 4.78 is 5.37. The first kappa shape index (κ1) is 25.8. The van der Waals surface area contributed by atoms with Crippen LogP contribution in [0.5, 0.6) is 0 Å². The number of carbonyl (C=O) groups is 1. The molecule has 2 fully saturated rings. The number of cyclic esters (lactones) is 1. The van der Waals surface area contributed by atoms with E-state index in [0.29, 0.717) is 18.1 Å². The number of nitrogens with zero attached hydrogens (tertiary/aromatic N) is 2. The average Bonchev–Trinajstić information content (AvgIpc) is 3.20. The Balaban J connectivity index is 0.000000751. The molecule has 2 heterocycles. The smallest absolute Gasteiger partial charge is 0.410 e. The number of rotatable bonds is 7. The van der Waals surface area contributed by atoms with Crippen molar-refractivity contribution in [2.24, 2.45) is 0 Å². The van der Waals surface area contributed by atoms with Crippen LogP contribution in [-0.2, 0) is 17.8 Å². The molecule has 0 radical (unpaired) electrons. The predicted octanol–water partition coefficient (Wildman–Crippen LogP) is 7.16. The fourth-order valence-corrected chi connectivity index (χ4v) is 4.16. The zero-order valence-electron chi connectivity index (χ0n) is 20.1. The number of hydrogen-bond donors (Lipinski definition) is 0. The number of halogens is 1. The van der Waals surface area contributed by atoms with Gasteiger partial charge in [0.05, 0.1) is 6.54 Å². The standard InChI is InChI=1S/C26H30N2O2.C3H5Cl/c1-3-20(2)25-19-28(26(29)30-25)18-22-9-13-24(14-10-22)23-11-7-21(8-12-23)17-27-15-5-4-6-16-27;1-3(2)4/h3,7-14,25H,1-2,4-6,15-19H2;1H2,2H3. The summed E-state index contributed by atoms with van der Waals surface area (Å²) in [6, 6.07) is 17.3. The average molecular weight is 479 g/mol. The van der Waals surface area contributed by atoms with E-state index in [1.165, 1.54) is 49.0 Å². The zero-order chi connectivity index (χ0) is 24.5. The molecule has 0 N–H and O–H groups in total. The molecule has 1 amide bonds. The maximum absolute atomic E-state index is 12.1. The Morgan fingerprint density at radius 3 is 1.97 bits per heavy atom. The fourth-order valence-electron chi connectivity index (χ4n) is 4.16. The van der Waals surface area contributed by atoms with Gasteiger partial charge >= 0.3 is 6.09 Å². The molecule has 0 bridgehead atoms. The lowest BCUT2D eigenvalue weighted by molar-refractivity contribution is 0.143. The molecule has 180 valence electrons. The van der Waals surface area contributed by atoms with Crippen molar-refractivity contribution in [1.82, 2.24) is 9.80 Å². The van der Waals surface area contributed by atoms with Gasteiger partial charge in [0, 0.05) is 18.1 Å². The Morgan fingerprint density at radius 1 is 0.971 bits per heavy atom. The van der Waals surface area contributed by atoms with Gasteiger partial charge in [0.1, 0.15) is 6.10 Å². The lowest BCUT2D eigenvalue weighted by Crippen LogP contribution is -2.28. The molecule has 4 rings (SSSR count). The van der Waals surface area contributed by atoms with Crippen molar-refractivity contribution < 1.29 is 9.53 Å². The minimum absolute atomic E-state index is 0.294. The van der Waals surface area contributed by atoms with Gasteiger partial charge in [-0.25, -0.2) is 4.79 Å². The molecular formula is C29H35ClN2O2. The van der Waals surface area contributed by atoms with Crippen LogP contribution >= 0.6 is 11.6 Å². The molecule has 5 heteroatoms. The Kier molecular flexibility index (Phi) is 9.55. The molecular weight excluding hydrogens is 444 g/mol. The van der Waals surface area contributed by atoms with Gasteiger partial charge in [0.15, 0.2) is 0 Å². The molecule has 0 saturated carbocycles. The Morgan fingerprint density at radius 2 is 1.47 bits per heavy atom. The highest BCUT2D eigenvalue weighted by atomic mass is 35.5. The van der Waals surface area contributed by atoms with Crippen molar-refractivity contribution in [2.75, 3.05) is 19.6 Å². The van der Waals surface area contributed by atoms with E-state index >= 15 is 0 Å². The van der Waals surface area contributed by atoms with Crippen molar-refractivity contribution in [2.45, 2.75) is 45.4 Å². The van der Waals surface area contributed by atoms with Gasteiger partial charge in [-0.05, 0) is 60.7 Å². The highest BCUT2D eigenvalue weighted by Crippen LogP contribution is 2.24. The van der Waals surface area contributed by atoms with Crippen molar-refractivity contribution in [3.8, 4) is 11.1 Å². The van der Waals surface area contributed by atoms with Crippen molar-refractivity contribution in [3.63, 3.8) is 0 Å². The summed E-state index contributed by atoms with van der Waals surface area (Å²) in [7, 11) is 0. The fraction of sp³-hybridized carbons (Fsp3) is 0.345. The van der Waals surface area contributed by atoms with Crippen LogP contribution in [0.25, 0.3) is 11.1 Å². The van der Waals surface area contributed by atoms with Crippen LogP contribution in [0.2, 0.25) is 0 Å². The highest BCUT2D eigenvalue weighted by Gasteiger charge is 2.31. The maximum Gasteiger partial charge on any atom is 0.410 e. The molecule has 2 aliphatic heterocycles. The van der Waals surface area contributed by atoms with Gasteiger partial charge in [-0.15, -0.1) is 0 Å². The van der Waals surface area contributed by atoms with Crippen LogP contribution in [0.3, 0.4) is 0 Å². The molecule has 2 aromatic rings. The molecule has 1 unspecified atom stereocenters. The maximum atomic E-state index is 12.1. The minimum atomic E-state index is -0.295. The van der Waals surface area contributed by atoms with Gasteiger partial charge in [0.25, 0.3) is 0 Å². The number of allylic oxidation sites excluding steroid dienone is 1. The normalized spacial score (nSPS) is 18.0. The van der Waals surface area contributed by atoms with Crippen LogP contribution in [0.15, 0.2) is 84.9 Å². The first-order valence-electron chi connectivity index (χ1n) is 11.8. The minimum Gasteiger partial charge on any atom is -0.439 e. The molecule has 0 aromatic heterocycles. The van der Waals surface area contributed by atoms with Crippen LogP contribution < -0.4 is 0 Å². The lowest BCUT2D eigenvalue weighted by Gasteiger charge is -2.26. The number of hydrogen-bond acceptors (Lipinski definition) is 3. The number of carbonyl (C=O) groups excluding carboxylic acids is 1. The molecule has 2 saturated heterocycles. The van der Waals surface area contributed by atoms with Crippen molar-refractivity contribution >= 4 is 17.7 Å². The van der Waals surface area contributed by atoms with E-state index in [2.05, 4.69) is 73.2 Å². The van der Waals surface area contributed by atoms with E-state index in [1.807, 2.05) is 0 Å². The number of piperidine rings is 1. The van der Waals surface area contributed by atoms with Crippen LogP contribution in [0.4, 0.5) is 4.79 Å². The SMILES string of the molecule is C=C(C)Cl.C=CC(=C)C1CN(Cc2ccc(-c3ccc(CN4CCCCC4)cc3)cc2)C(=O)O1. The third-order valence-corrected chi connectivity index (χ3v) is 6.03. The summed E-state index contributed by atoms with van der Waals surface area (Å²) in [6.45, 7) is 17.2. The van der Waals surface area contributed by atoms with Crippen LogP contribution in [0.1, 0.15) is 37.3 Å². The summed E-state index contributed by atoms with van der Waals surface area (Å²) in [4.78, 5) is 16.4. The Labute approximate surface area is 209 Å². The molecule has 2 aliphatic rings. The van der Waals surface area contributed by atoms with E-state index in [9.17, 15) is 4.79 Å². The van der Waals surface area contributed by atoms with E-state index < -0.39 is 0 Å². The molecule has 4 nitrogen and oxygen atoms in total. The van der Waals surface area contributed by atoms with E-state index in [1.54, 1.807) is 17.9 Å².